The van der Waals surface area contributed by atoms with Crippen molar-refractivity contribution in [2.24, 2.45) is 10.9 Å². The summed E-state index contributed by atoms with van der Waals surface area (Å²) in [6.45, 7) is 9.29. The maximum absolute atomic E-state index is 11.6. The molecule has 162 valence electrons. The largest absolute Gasteiger partial charge is 0.388 e. The molecule has 0 atom stereocenters. The van der Waals surface area contributed by atoms with Crippen LogP contribution in [-0.4, -0.2) is 68.4 Å². The SMILES string of the molecule is CCCC(O)(CCC)CN=C(NCC)NCC1CCN(S(C)(=O)=O)CC1.I. The lowest BCUT2D eigenvalue weighted by Gasteiger charge is -2.30. The Bertz CT molecular complexity index is 529. The van der Waals surface area contributed by atoms with Crippen LogP contribution in [0.15, 0.2) is 4.99 Å². The summed E-state index contributed by atoms with van der Waals surface area (Å²) in [5.74, 6) is 1.16. The molecule has 1 heterocycles. The van der Waals surface area contributed by atoms with E-state index in [1.165, 1.54) is 6.26 Å². The van der Waals surface area contributed by atoms with Crippen molar-refractivity contribution in [3.63, 3.8) is 0 Å². The highest BCUT2D eigenvalue weighted by molar-refractivity contribution is 14.0. The van der Waals surface area contributed by atoms with E-state index in [9.17, 15) is 13.5 Å². The monoisotopic (exact) mass is 518 g/mol. The molecule has 0 saturated carbocycles. The van der Waals surface area contributed by atoms with Gasteiger partial charge in [-0.05, 0) is 38.5 Å². The van der Waals surface area contributed by atoms with Gasteiger partial charge in [-0.2, -0.15) is 0 Å². The fraction of sp³-hybridized carbons (Fsp3) is 0.944. The predicted octanol–water partition coefficient (Wildman–Crippen LogP) is 2.16. The Hall–Kier alpha value is -0.130. The van der Waals surface area contributed by atoms with Crippen molar-refractivity contribution in [2.45, 2.75) is 64.9 Å². The molecule has 0 aromatic rings. The number of hydrogen-bond donors (Lipinski definition) is 3. The van der Waals surface area contributed by atoms with Gasteiger partial charge in [0.1, 0.15) is 0 Å². The third kappa shape index (κ3) is 10.3. The Kier molecular flexibility index (Phi) is 13.1. The van der Waals surface area contributed by atoms with Gasteiger partial charge in [0.25, 0.3) is 0 Å². The maximum Gasteiger partial charge on any atom is 0.211 e. The zero-order valence-electron chi connectivity index (χ0n) is 17.3. The van der Waals surface area contributed by atoms with E-state index in [0.717, 1.165) is 57.6 Å². The topological polar surface area (TPSA) is 94.0 Å². The van der Waals surface area contributed by atoms with Gasteiger partial charge in [0, 0.05) is 26.2 Å². The van der Waals surface area contributed by atoms with Crippen LogP contribution in [0.3, 0.4) is 0 Å². The summed E-state index contributed by atoms with van der Waals surface area (Å²) < 4.78 is 24.7. The first-order chi connectivity index (χ1) is 12.2. The van der Waals surface area contributed by atoms with Crippen LogP contribution < -0.4 is 10.6 Å². The third-order valence-electron chi connectivity index (χ3n) is 4.91. The third-order valence-corrected chi connectivity index (χ3v) is 6.21. The highest BCUT2D eigenvalue weighted by Gasteiger charge is 2.26. The highest BCUT2D eigenvalue weighted by atomic mass is 127. The van der Waals surface area contributed by atoms with Gasteiger partial charge < -0.3 is 15.7 Å². The molecule has 1 aliphatic heterocycles. The van der Waals surface area contributed by atoms with E-state index >= 15 is 0 Å². The smallest absolute Gasteiger partial charge is 0.211 e. The molecular formula is C18H39IN4O3S. The van der Waals surface area contributed by atoms with Gasteiger partial charge in [-0.1, -0.05) is 26.7 Å². The first kappa shape index (κ1) is 26.9. The molecule has 0 spiro atoms. The van der Waals surface area contributed by atoms with Gasteiger partial charge in [-0.3, -0.25) is 4.99 Å². The Morgan fingerprint density at radius 1 is 1.15 bits per heavy atom. The molecule has 1 rings (SSSR count). The van der Waals surface area contributed by atoms with Crippen LogP contribution in [-0.2, 0) is 10.0 Å². The lowest BCUT2D eigenvalue weighted by molar-refractivity contribution is 0.0306. The van der Waals surface area contributed by atoms with Crippen LogP contribution in [0.1, 0.15) is 59.3 Å². The van der Waals surface area contributed by atoms with Crippen LogP contribution in [0.2, 0.25) is 0 Å². The summed E-state index contributed by atoms with van der Waals surface area (Å²) in [4.78, 5) is 4.60. The van der Waals surface area contributed by atoms with E-state index < -0.39 is 15.6 Å². The summed E-state index contributed by atoms with van der Waals surface area (Å²) in [5, 5.41) is 17.3. The van der Waals surface area contributed by atoms with Gasteiger partial charge in [0.2, 0.25) is 10.0 Å². The van der Waals surface area contributed by atoms with Gasteiger partial charge in [0.05, 0.1) is 18.4 Å². The number of hydrogen-bond acceptors (Lipinski definition) is 4. The maximum atomic E-state index is 11.6. The zero-order chi connectivity index (χ0) is 19.6. The van der Waals surface area contributed by atoms with Crippen molar-refractivity contribution in [3.05, 3.63) is 0 Å². The number of rotatable bonds is 10. The molecule has 1 saturated heterocycles. The minimum atomic E-state index is -3.08. The van der Waals surface area contributed by atoms with Crippen LogP contribution in [0, 0.1) is 5.92 Å². The molecule has 0 radical (unpaired) electrons. The Labute approximate surface area is 182 Å². The van der Waals surface area contributed by atoms with E-state index in [1.54, 1.807) is 4.31 Å². The number of piperidine rings is 1. The van der Waals surface area contributed by atoms with Crippen molar-refractivity contribution in [3.8, 4) is 0 Å². The summed E-state index contributed by atoms with van der Waals surface area (Å²) in [6.07, 6.45) is 6.38. The normalized spacial score (nSPS) is 17.4. The molecule has 0 aromatic heterocycles. The first-order valence-corrected chi connectivity index (χ1v) is 11.8. The predicted molar refractivity (Wildman–Crippen MR) is 123 cm³/mol. The van der Waals surface area contributed by atoms with Crippen LogP contribution in [0.25, 0.3) is 0 Å². The average Bonchev–Trinajstić information content (AvgIpc) is 2.57. The highest BCUT2D eigenvalue weighted by Crippen LogP contribution is 2.20. The Morgan fingerprint density at radius 2 is 1.70 bits per heavy atom. The number of aliphatic hydroxyl groups is 1. The van der Waals surface area contributed by atoms with Gasteiger partial charge in [0.15, 0.2) is 5.96 Å². The number of nitrogens with one attached hydrogen (secondary N) is 2. The summed E-state index contributed by atoms with van der Waals surface area (Å²) >= 11 is 0. The van der Waals surface area contributed by atoms with Crippen LogP contribution in [0.5, 0.6) is 0 Å². The van der Waals surface area contributed by atoms with Crippen molar-refractivity contribution >= 4 is 40.0 Å². The number of halogens is 1. The lowest BCUT2D eigenvalue weighted by Crippen LogP contribution is -2.44. The minimum absolute atomic E-state index is 0. The first-order valence-electron chi connectivity index (χ1n) is 9.93. The molecular weight excluding hydrogens is 479 g/mol. The van der Waals surface area contributed by atoms with Crippen molar-refractivity contribution < 1.29 is 13.5 Å². The van der Waals surface area contributed by atoms with Crippen LogP contribution in [0.4, 0.5) is 0 Å². The Balaban J connectivity index is 0.00000676. The average molecular weight is 519 g/mol. The second-order valence-electron chi connectivity index (χ2n) is 7.41. The molecule has 1 aliphatic rings. The molecule has 0 aromatic carbocycles. The molecule has 27 heavy (non-hydrogen) atoms. The number of nitrogens with zero attached hydrogens (tertiary/aromatic N) is 2. The zero-order valence-corrected chi connectivity index (χ0v) is 20.5. The summed E-state index contributed by atoms with van der Waals surface area (Å²) in [7, 11) is -3.08. The Morgan fingerprint density at radius 3 is 2.15 bits per heavy atom. The van der Waals surface area contributed by atoms with Crippen molar-refractivity contribution in [2.75, 3.05) is 39.0 Å². The van der Waals surface area contributed by atoms with E-state index in [-0.39, 0.29) is 24.0 Å². The van der Waals surface area contributed by atoms with Gasteiger partial charge in [-0.25, -0.2) is 12.7 Å². The standard InChI is InChI=1S/C18H38N4O3S.HI/c1-5-10-18(23,11-6-2)15-21-17(19-7-3)20-14-16-8-12-22(13-9-16)26(4,24)25;/h16,23H,5-15H2,1-4H3,(H2,19,20,21);1H. The molecule has 0 unspecified atom stereocenters. The second-order valence-corrected chi connectivity index (χ2v) is 9.39. The number of sulfonamides is 1. The van der Waals surface area contributed by atoms with E-state index in [0.29, 0.717) is 25.6 Å². The van der Waals surface area contributed by atoms with E-state index in [1.807, 2.05) is 6.92 Å². The molecule has 0 amide bonds. The van der Waals surface area contributed by atoms with Crippen molar-refractivity contribution in [1.82, 2.24) is 14.9 Å². The van der Waals surface area contributed by atoms with Crippen molar-refractivity contribution in [1.29, 1.82) is 0 Å². The van der Waals surface area contributed by atoms with Gasteiger partial charge >= 0.3 is 0 Å². The minimum Gasteiger partial charge on any atom is -0.388 e. The molecule has 9 heteroatoms. The summed E-state index contributed by atoms with van der Waals surface area (Å²) in [5.41, 5.74) is -0.729. The number of aliphatic imine (C=N–C) groups is 1. The molecule has 7 nitrogen and oxygen atoms in total. The second kappa shape index (κ2) is 13.2. The van der Waals surface area contributed by atoms with Gasteiger partial charge in [-0.15, -0.1) is 24.0 Å². The molecule has 0 bridgehead atoms. The molecule has 1 fully saturated rings. The van der Waals surface area contributed by atoms with Crippen LogP contribution >= 0.6 is 24.0 Å². The quantitative estimate of drug-likeness (QED) is 0.234. The van der Waals surface area contributed by atoms with E-state index in [2.05, 4.69) is 29.5 Å². The fourth-order valence-corrected chi connectivity index (χ4v) is 4.34. The number of guanidine groups is 1. The summed E-state index contributed by atoms with van der Waals surface area (Å²) in [6, 6.07) is 0. The van der Waals surface area contributed by atoms with E-state index in [4.69, 9.17) is 0 Å². The lowest BCUT2D eigenvalue weighted by atomic mass is 9.93. The fourth-order valence-electron chi connectivity index (χ4n) is 3.47. The molecule has 0 aliphatic carbocycles. The molecule has 3 N–H and O–H groups in total.